The summed E-state index contributed by atoms with van der Waals surface area (Å²) >= 11 is 7.54. The zero-order valence-electron chi connectivity index (χ0n) is 18.9. The quantitative estimate of drug-likeness (QED) is 0.216. The van der Waals surface area contributed by atoms with Crippen molar-refractivity contribution in [2.75, 3.05) is 5.75 Å². The minimum absolute atomic E-state index is 0.0174. The molecule has 31 heavy (non-hydrogen) atoms. The van der Waals surface area contributed by atoms with Crippen LogP contribution in [0.15, 0.2) is 24.3 Å². The maximum absolute atomic E-state index is 11.9. The van der Waals surface area contributed by atoms with Crippen molar-refractivity contribution in [2.24, 2.45) is 7.05 Å². The molecule has 2 aromatic rings. The smallest absolute Gasteiger partial charge is 0.370 e. The van der Waals surface area contributed by atoms with Gasteiger partial charge in [-0.25, -0.2) is 4.79 Å². The molecule has 0 bridgehead atoms. The summed E-state index contributed by atoms with van der Waals surface area (Å²) in [5, 5.41) is 14.3. The Labute approximate surface area is 193 Å². The fourth-order valence-electron chi connectivity index (χ4n) is 2.97. The van der Waals surface area contributed by atoms with Crippen molar-refractivity contribution in [3.63, 3.8) is 0 Å². The Hall–Kier alpha value is -2.43. The standard InChI is InChI=1S/C23H28ClN3O3S/c1-8-31-22(28)30-15(3)29-21(20-19(24)14(2)26-27(20)7)18(13-25)16-9-11-17(12-10-16)23(4,5)6/h9-12,15H,8H2,1-7H3/b21-18-. The first kappa shape index (κ1) is 24.8. The molecule has 0 saturated carbocycles. The third-order valence-electron chi connectivity index (χ3n) is 4.55. The highest BCUT2D eigenvalue weighted by molar-refractivity contribution is 8.13. The van der Waals surface area contributed by atoms with Gasteiger partial charge in [-0.2, -0.15) is 10.4 Å². The van der Waals surface area contributed by atoms with E-state index in [-0.39, 0.29) is 16.7 Å². The van der Waals surface area contributed by atoms with Gasteiger partial charge in [0.1, 0.15) is 17.3 Å². The van der Waals surface area contributed by atoms with Gasteiger partial charge in [0.05, 0.1) is 10.7 Å². The summed E-state index contributed by atoms with van der Waals surface area (Å²) in [5.41, 5.74) is 3.12. The molecule has 0 aliphatic rings. The molecule has 6 nitrogen and oxygen atoms in total. The minimum atomic E-state index is -0.926. The zero-order valence-corrected chi connectivity index (χ0v) is 20.5. The van der Waals surface area contributed by atoms with Gasteiger partial charge in [0, 0.05) is 19.7 Å². The lowest BCUT2D eigenvalue weighted by atomic mass is 9.86. The number of nitriles is 1. The van der Waals surface area contributed by atoms with Crippen LogP contribution in [-0.4, -0.2) is 27.1 Å². The molecule has 0 fully saturated rings. The highest BCUT2D eigenvalue weighted by Crippen LogP contribution is 2.35. The number of carbonyl (C=O) groups excluding carboxylic acids is 1. The van der Waals surface area contributed by atoms with Gasteiger partial charge in [0.15, 0.2) is 5.76 Å². The number of aryl methyl sites for hydroxylation is 2. The Kier molecular flexibility index (Phi) is 8.21. The molecular weight excluding hydrogens is 434 g/mol. The van der Waals surface area contributed by atoms with Crippen molar-refractivity contribution in [1.29, 1.82) is 5.26 Å². The van der Waals surface area contributed by atoms with Gasteiger partial charge in [-0.3, -0.25) is 4.68 Å². The van der Waals surface area contributed by atoms with Crippen molar-refractivity contribution in [3.8, 4) is 6.07 Å². The van der Waals surface area contributed by atoms with Crippen LogP contribution in [-0.2, 0) is 21.9 Å². The molecule has 0 saturated heterocycles. The molecule has 0 aliphatic carbocycles. The minimum Gasteiger partial charge on any atom is -0.451 e. The van der Waals surface area contributed by atoms with E-state index in [4.69, 9.17) is 21.1 Å². The summed E-state index contributed by atoms with van der Waals surface area (Å²) in [6.07, 6.45) is -0.926. The van der Waals surface area contributed by atoms with Crippen LogP contribution in [0.1, 0.15) is 57.1 Å². The van der Waals surface area contributed by atoms with Crippen molar-refractivity contribution in [3.05, 3.63) is 51.8 Å². The lowest BCUT2D eigenvalue weighted by Gasteiger charge is -2.21. The van der Waals surface area contributed by atoms with Gasteiger partial charge in [-0.05, 0) is 35.2 Å². The van der Waals surface area contributed by atoms with E-state index in [1.807, 2.05) is 31.2 Å². The Balaban J connectivity index is 2.59. The summed E-state index contributed by atoms with van der Waals surface area (Å²) in [6.45, 7) is 11.6. The van der Waals surface area contributed by atoms with Gasteiger partial charge < -0.3 is 9.47 Å². The van der Waals surface area contributed by atoms with Gasteiger partial charge in [0.25, 0.3) is 0 Å². The number of ether oxygens (including phenoxy) is 2. The lowest BCUT2D eigenvalue weighted by Crippen LogP contribution is -2.17. The van der Waals surface area contributed by atoms with Crippen LogP contribution < -0.4 is 0 Å². The average molecular weight is 462 g/mol. The SMILES string of the molecule is CCSC(=O)OC(C)O/C(=C(/C#N)c1ccc(C(C)(C)C)cc1)c1c(Cl)c(C)nn1C. The van der Waals surface area contributed by atoms with Crippen LogP contribution >= 0.6 is 23.4 Å². The fourth-order valence-corrected chi connectivity index (χ4v) is 3.66. The first-order valence-corrected chi connectivity index (χ1v) is 11.3. The molecule has 1 heterocycles. The molecule has 1 unspecified atom stereocenters. The molecule has 0 aliphatic heterocycles. The molecule has 1 aromatic heterocycles. The number of benzene rings is 1. The van der Waals surface area contributed by atoms with E-state index in [0.29, 0.717) is 27.7 Å². The van der Waals surface area contributed by atoms with Crippen LogP contribution in [0.3, 0.4) is 0 Å². The first-order valence-electron chi connectivity index (χ1n) is 9.94. The van der Waals surface area contributed by atoms with Crippen LogP contribution in [0.5, 0.6) is 0 Å². The van der Waals surface area contributed by atoms with Gasteiger partial charge in [-0.15, -0.1) is 0 Å². The third kappa shape index (κ3) is 6.05. The van der Waals surface area contributed by atoms with E-state index in [2.05, 4.69) is 31.9 Å². The molecule has 2 rings (SSSR count). The zero-order chi connectivity index (χ0) is 23.3. The molecule has 0 spiro atoms. The number of rotatable bonds is 6. The van der Waals surface area contributed by atoms with Crippen molar-refractivity contribution in [2.45, 2.75) is 53.2 Å². The number of allylic oxidation sites excluding steroid dienone is 1. The van der Waals surface area contributed by atoms with Crippen LogP contribution in [0, 0.1) is 18.3 Å². The van der Waals surface area contributed by atoms with E-state index >= 15 is 0 Å². The summed E-state index contributed by atoms with van der Waals surface area (Å²) in [6, 6.07) is 9.96. The van der Waals surface area contributed by atoms with Gasteiger partial charge in [0.2, 0.25) is 6.29 Å². The summed E-state index contributed by atoms with van der Waals surface area (Å²) in [4.78, 5) is 11.9. The Bertz CT molecular complexity index is 1010. The number of hydrogen-bond donors (Lipinski definition) is 0. The third-order valence-corrected chi connectivity index (χ3v) is 5.62. The van der Waals surface area contributed by atoms with E-state index in [0.717, 1.165) is 17.3 Å². The maximum Gasteiger partial charge on any atom is 0.370 e. The predicted octanol–water partition coefficient (Wildman–Crippen LogP) is 6.32. The lowest BCUT2D eigenvalue weighted by molar-refractivity contribution is -0.0254. The predicted molar refractivity (Wildman–Crippen MR) is 126 cm³/mol. The summed E-state index contributed by atoms with van der Waals surface area (Å²) in [7, 11) is 1.72. The Morgan fingerprint density at radius 2 is 1.90 bits per heavy atom. The second-order valence-electron chi connectivity index (χ2n) is 8.00. The Morgan fingerprint density at radius 3 is 2.35 bits per heavy atom. The van der Waals surface area contributed by atoms with E-state index in [1.54, 1.807) is 25.6 Å². The van der Waals surface area contributed by atoms with Gasteiger partial charge >= 0.3 is 5.30 Å². The number of hydrogen-bond acceptors (Lipinski definition) is 6. The maximum atomic E-state index is 11.9. The van der Waals surface area contributed by atoms with Crippen molar-refractivity contribution < 1.29 is 14.3 Å². The summed E-state index contributed by atoms with van der Waals surface area (Å²) < 4.78 is 12.9. The number of thioether (sulfide) groups is 1. The van der Waals surface area contributed by atoms with Crippen LogP contribution in [0.25, 0.3) is 11.3 Å². The molecule has 1 atom stereocenters. The van der Waals surface area contributed by atoms with E-state index in [1.165, 1.54) is 0 Å². The normalized spacial score (nSPS) is 13.3. The van der Waals surface area contributed by atoms with E-state index in [9.17, 15) is 10.1 Å². The largest absolute Gasteiger partial charge is 0.451 e. The molecular formula is C23H28ClN3O3S. The second-order valence-corrected chi connectivity index (χ2v) is 9.58. The van der Waals surface area contributed by atoms with Crippen LogP contribution in [0.2, 0.25) is 5.02 Å². The average Bonchev–Trinajstić information content (AvgIpc) is 2.93. The number of carbonyl (C=O) groups is 1. The molecule has 0 amide bonds. The van der Waals surface area contributed by atoms with E-state index < -0.39 is 11.6 Å². The highest BCUT2D eigenvalue weighted by Gasteiger charge is 2.25. The fraction of sp³-hybridized carbons (Fsp3) is 0.435. The van der Waals surface area contributed by atoms with Crippen molar-refractivity contribution in [1.82, 2.24) is 9.78 Å². The molecule has 0 N–H and O–H groups in total. The topological polar surface area (TPSA) is 77.1 Å². The second kappa shape index (κ2) is 10.3. The molecule has 166 valence electrons. The Morgan fingerprint density at radius 1 is 1.29 bits per heavy atom. The molecule has 8 heteroatoms. The van der Waals surface area contributed by atoms with Gasteiger partial charge in [-0.1, -0.05) is 63.6 Å². The number of aromatic nitrogens is 2. The molecule has 1 aromatic carbocycles. The highest BCUT2D eigenvalue weighted by atomic mass is 35.5. The molecule has 0 radical (unpaired) electrons. The van der Waals surface area contributed by atoms with Crippen LogP contribution in [0.4, 0.5) is 4.79 Å². The first-order chi connectivity index (χ1) is 14.5. The monoisotopic (exact) mass is 461 g/mol. The number of nitrogens with zero attached hydrogens (tertiary/aromatic N) is 3. The van der Waals surface area contributed by atoms with Crippen molar-refractivity contribution >= 4 is 40.0 Å². The summed E-state index contributed by atoms with van der Waals surface area (Å²) in [5.74, 6) is 0.797. The number of halogens is 1.